The molecule has 0 saturated carbocycles. The molecule has 0 N–H and O–H groups in total. The first kappa shape index (κ1) is 12.4. The lowest BCUT2D eigenvalue weighted by atomic mass is 9.80. The molecular formula is C15H13ClO3. The van der Waals surface area contributed by atoms with E-state index in [0.29, 0.717) is 11.4 Å². The van der Waals surface area contributed by atoms with Crippen molar-refractivity contribution in [1.82, 2.24) is 0 Å². The van der Waals surface area contributed by atoms with Crippen LogP contribution in [0, 0.1) is 0 Å². The van der Waals surface area contributed by atoms with Gasteiger partial charge < -0.3 is 4.74 Å². The largest absolute Gasteiger partial charge is 0.423 e. The predicted octanol–water partition coefficient (Wildman–Crippen LogP) is 3.38. The maximum atomic E-state index is 11.9. The summed E-state index contributed by atoms with van der Waals surface area (Å²) < 4.78 is 5.14. The number of allylic oxidation sites excluding steroid dienone is 2. The fraction of sp³-hybridized carbons (Fsp3) is 0.333. The Morgan fingerprint density at radius 1 is 1.16 bits per heavy atom. The molecule has 1 aromatic rings. The standard InChI is InChI=1S/C15H13ClO3/c16-12-6-2-1-4-9(12)11-8-14(18)19-15-10(11)5-3-7-13(15)17/h1-2,4,6,11H,3,5,7-8H2/t11-/m1/s1. The summed E-state index contributed by atoms with van der Waals surface area (Å²) in [6, 6.07) is 7.47. The molecule has 0 unspecified atom stereocenters. The molecule has 0 bridgehead atoms. The number of hydrogen-bond acceptors (Lipinski definition) is 3. The molecule has 0 radical (unpaired) electrons. The van der Waals surface area contributed by atoms with E-state index in [1.807, 2.05) is 24.3 Å². The van der Waals surface area contributed by atoms with Crippen LogP contribution in [0.5, 0.6) is 0 Å². The van der Waals surface area contributed by atoms with Gasteiger partial charge in [0.05, 0.1) is 6.42 Å². The van der Waals surface area contributed by atoms with Crippen LogP contribution in [-0.4, -0.2) is 11.8 Å². The van der Waals surface area contributed by atoms with Crippen LogP contribution in [0.1, 0.15) is 37.2 Å². The van der Waals surface area contributed by atoms with Crippen LogP contribution in [0.3, 0.4) is 0 Å². The number of Topliss-reactive ketones (excluding diaryl/α,β-unsaturated/α-hetero) is 1. The second-order valence-corrected chi connectivity index (χ2v) is 5.29. The number of hydrogen-bond donors (Lipinski definition) is 0. The summed E-state index contributed by atoms with van der Waals surface area (Å²) in [7, 11) is 0. The monoisotopic (exact) mass is 276 g/mol. The van der Waals surface area contributed by atoms with Crippen LogP contribution >= 0.6 is 11.6 Å². The zero-order chi connectivity index (χ0) is 13.4. The first-order valence-corrected chi connectivity index (χ1v) is 6.76. The van der Waals surface area contributed by atoms with Crippen LogP contribution in [0.25, 0.3) is 0 Å². The Morgan fingerprint density at radius 2 is 1.95 bits per heavy atom. The predicted molar refractivity (Wildman–Crippen MR) is 70.8 cm³/mol. The third-order valence-electron chi connectivity index (χ3n) is 3.68. The number of ketones is 1. The molecular weight excluding hydrogens is 264 g/mol. The van der Waals surface area contributed by atoms with Gasteiger partial charge in [-0.3, -0.25) is 9.59 Å². The normalized spacial score (nSPS) is 23.1. The SMILES string of the molecule is O=C1C[C@H](c2ccccc2Cl)C2=C(O1)C(=O)CCC2. The van der Waals surface area contributed by atoms with Gasteiger partial charge in [-0.25, -0.2) is 0 Å². The zero-order valence-corrected chi connectivity index (χ0v) is 11.1. The third kappa shape index (κ3) is 2.19. The second-order valence-electron chi connectivity index (χ2n) is 4.88. The number of carbonyl (C=O) groups is 2. The first-order chi connectivity index (χ1) is 9.16. The van der Waals surface area contributed by atoms with Gasteiger partial charge in [-0.05, 0) is 30.0 Å². The van der Waals surface area contributed by atoms with Gasteiger partial charge in [0.15, 0.2) is 11.5 Å². The first-order valence-electron chi connectivity index (χ1n) is 6.38. The van der Waals surface area contributed by atoms with Crippen LogP contribution in [0.15, 0.2) is 35.6 Å². The van der Waals surface area contributed by atoms with Gasteiger partial charge in [0, 0.05) is 17.4 Å². The lowest BCUT2D eigenvalue weighted by Gasteiger charge is -2.30. The van der Waals surface area contributed by atoms with Crippen molar-refractivity contribution in [2.24, 2.45) is 0 Å². The summed E-state index contributed by atoms with van der Waals surface area (Å²) in [6.07, 6.45) is 2.33. The topological polar surface area (TPSA) is 43.4 Å². The summed E-state index contributed by atoms with van der Waals surface area (Å²) in [6.45, 7) is 0. The molecule has 0 amide bonds. The van der Waals surface area contributed by atoms with E-state index in [2.05, 4.69) is 0 Å². The van der Waals surface area contributed by atoms with Gasteiger partial charge in [0.25, 0.3) is 0 Å². The number of carbonyl (C=O) groups excluding carboxylic acids is 2. The summed E-state index contributed by atoms with van der Waals surface area (Å²) in [5, 5.41) is 0.632. The molecule has 1 atom stereocenters. The average Bonchev–Trinajstić information content (AvgIpc) is 2.40. The molecule has 1 aliphatic heterocycles. The molecule has 4 heteroatoms. The van der Waals surface area contributed by atoms with Crippen LogP contribution in [0.4, 0.5) is 0 Å². The van der Waals surface area contributed by atoms with Crippen molar-refractivity contribution in [1.29, 1.82) is 0 Å². The molecule has 0 spiro atoms. The molecule has 0 saturated heterocycles. The maximum Gasteiger partial charge on any atom is 0.312 e. The van der Waals surface area contributed by atoms with E-state index in [1.165, 1.54) is 0 Å². The third-order valence-corrected chi connectivity index (χ3v) is 4.03. The van der Waals surface area contributed by atoms with Gasteiger partial charge in [-0.1, -0.05) is 29.8 Å². The highest BCUT2D eigenvalue weighted by molar-refractivity contribution is 6.31. The second kappa shape index (κ2) is 4.82. The Kier molecular flexibility index (Phi) is 3.15. The molecule has 1 aromatic carbocycles. The minimum atomic E-state index is -0.348. The highest BCUT2D eigenvalue weighted by Gasteiger charge is 2.36. The Bertz CT molecular complexity index is 589. The quantitative estimate of drug-likeness (QED) is 0.739. The fourth-order valence-corrected chi connectivity index (χ4v) is 3.07. The summed E-state index contributed by atoms with van der Waals surface area (Å²) in [5.41, 5.74) is 1.84. The van der Waals surface area contributed by atoms with Crippen LogP contribution < -0.4 is 0 Å². The van der Waals surface area contributed by atoms with E-state index in [1.54, 1.807) is 0 Å². The molecule has 1 heterocycles. The highest BCUT2D eigenvalue weighted by Crippen LogP contribution is 2.42. The Morgan fingerprint density at radius 3 is 2.74 bits per heavy atom. The molecule has 1 aliphatic carbocycles. The van der Waals surface area contributed by atoms with E-state index in [-0.39, 0.29) is 29.9 Å². The number of halogens is 1. The molecule has 19 heavy (non-hydrogen) atoms. The van der Waals surface area contributed by atoms with Gasteiger partial charge in [-0.2, -0.15) is 0 Å². The van der Waals surface area contributed by atoms with Crippen molar-refractivity contribution in [3.63, 3.8) is 0 Å². The molecule has 2 aliphatic rings. The lowest BCUT2D eigenvalue weighted by Crippen LogP contribution is -2.27. The smallest absolute Gasteiger partial charge is 0.312 e. The van der Waals surface area contributed by atoms with Gasteiger partial charge in [-0.15, -0.1) is 0 Å². The average molecular weight is 277 g/mol. The van der Waals surface area contributed by atoms with E-state index < -0.39 is 0 Å². The van der Waals surface area contributed by atoms with E-state index >= 15 is 0 Å². The van der Waals surface area contributed by atoms with Crippen molar-refractivity contribution in [3.05, 3.63) is 46.2 Å². The summed E-state index contributed by atoms with van der Waals surface area (Å²) in [4.78, 5) is 23.6. The molecule has 3 nitrogen and oxygen atoms in total. The van der Waals surface area contributed by atoms with Gasteiger partial charge in [0.1, 0.15) is 0 Å². The maximum absolute atomic E-state index is 11.9. The van der Waals surface area contributed by atoms with Gasteiger partial charge >= 0.3 is 5.97 Å². The summed E-state index contributed by atoms with van der Waals surface area (Å²) >= 11 is 6.21. The molecule has 0 fully saturated rings. The number of esters is 1. The van der Waals surface area contributed by atoms with Crippen LogP contribution in [-0.2, 0) is 14.3 Å². The van der Waals surface area contributed by atoms with E-state index in [9.17, 15) is 9.59 Å². The highest BCUT2D eigenvalue weighted by atomic mass is 35.5. The Balaban J connectivity index is 2.10. The van der Waals surface area contributed by atoms with Crippen molar-refractivity contribution in [2.45, 2.75) is 31.6 Å². The lowest BCUT2D eigenvalue weighted by molar-refractivity contribution is -0.144. The van der Waals surface area contributed by atoms with Crippen molar-refractivity contribution >= 4 is 23.4 Å². The van der Waals surface area contributed by atoms with E-state index in [4.69, 9.17) is 16.3 Å². The van der Waals surface area contributed by atoms with Crippen LogP contribution in [0.2, 0.25) is 5.02 Å². The molecule has 0 aromatic heterocycles. The fourth-order valence-electron chi connectivity index (χ4n) is 2.80. The molecule has 3 rings (SSSR count). The minimum Gasteiger partial charge on any atom is -0.423 e. The van der Waals surface area contributed by atoms with Crippen molar-refractivity contribution < 1.29 is 14.3 Å². The number of rotatable bonds is 1. The van der Waals surface area contributed by atoms with E-state index in [0.717, 1.165) is 24.0 Å². The molecule has 98 valence electrons. The zero-order valence-electron chi connectivity index (χ0n) is 10.3. The Hall–Kier alpha value is -1.61. The van der Waals surface area contributed by atoms with Gasteiger partial charge in [0.2, 0.25) is 0 Å². The summed E-state index contributed by atoms with van der Waals surface area (Å²) in [5.74, 6) is -0.258. The van der Waals surface area contributed by atoms with Crippen molar-refractivity contribution in [3.8, 4) is 0 Å². The number of ether oxygens (including phenoxy) is 1. The Labute approximate surface area is 116 Å². The minimum absolute atomic E-state index is 0.0636. The number of benzene rings is 1. The van der Waals surface area contributed by atoms with Crippen molar-refractivity contribution in [2.75, 3.05) is 0 Å².